The first-order chi connectivity index (χ1) is 17.6. The molecule has 2 heterocycles. The van der Waals surface area contributed by atoms with Crippen LogP contribution >= 0.6 is 0 Å². The third kappa shape index (κ3) is 6.70. The molecule has 11 nitrogen and oxygen atoms in total. The number of hydrogen-bond donors (Lipinski definition) is 5. The molecule has 3 aromatic rings. The average Bonchev–Trinajstić information content (AvgIpc) is 3.31. The largest absolute Gasteiger partial charge is 0.353 e. The smallest absolute Gasteiger partial charge is 0.289 e. The topological polar surface area (TPSA) is 157 Å². The van der Waals surface area contributed by atoms with Crippen molar-refractivity contribution in [2.45, 2.75) is 38.8 Å². The summed E-state index contributed by atoms with van der Waals surface area (Å²) in [6.45, 7) is 10.9. The Hall–Kier alpha value is -4.72. The molecule has 0 radical (unpaired) electrons. The van der Waals surface area contributed by atoms with Gasteiger partial charge in [-0.05, 0) is 42.0 Å². The van der Waals surface area contributed by atoms with Crippen molar-refractivity contribution in [3.8, 4) is 0 Å². The molecule has 0 saturated heterocycles. The molecule has 0 fully saturated rings. The monoisotopic (exact) mass is 504 g/mol. The number of aromatic nitrogens is 2. The Labute approximate surface area is 212 Å². The molecule has 5 N–H and O–H groups in total. The molecule has 0 aliphatic carbocycles. The van der Waals surface area contributed by atoms with E-state index in [0.717, 1.165) is 0 Å². The minimum atomic E-state index is -1.32. The number of likely N-dealkylation sites (N-methyl/N-ethyl adjacent to an activating group) is 1. The highest BCUT2D eigenvalue weighted by molar-refractivity contribution is 6.38. The molecular weight excluding hydrogens is 476 g/mol. The number of amides is 3. The highest BCUT2D eigenvalue weighted by Gasteiger charge is 2.31. The SMILES string of the molecule is [C-]#[N+]c1ccc2[nH]c(C(=O)N[C@@H](CC(C)C)C(=O)N[C@@H](Cc3ccc[nH]c3=O)C(=O)C(=O)NC)cc2c1. The van der Waals surface area contributed by atoms with Crippen molar-refractivity contribution in [1.29, 1.82) is 0 Å². The van der Waals surface area contributed by atoms with Gasteiger partial charge in [0.1, 0.15) is 17.8 Å². The molecule has 0 unspecified atom stereocenters. The van der Waals surface area contributed by atoms with Gasteiger partial charge in [-0.15, -0.1) is 0 Å². The van der Waals surface area contributed by atoms with Gasteiger partial charge in [0.05, 0.1) is 6.57 Å². The van der Waals surface area contributed by atoms with Crippen LogP contribution in [0.2, 0.25) is 0 Å². The lowest BCUT2D eigenvalue weighted by Gasteiger charge is -2.23. The molecule has 0 spiro atoms. The molecule has 0 aliphatic rings. The van der Waals surface area contributed by atoms with Gasteiger partial charge in [0.2, 0.25) is 11.7 Å². The van der Waals surface area contributed by atoms with Crippen LogP contribution in [0.4, 0.5) is 5.69 Å². The summed E-state index contributed by atoms with van der Waals surface area (Å²) >= 11 is 0. The summed E-state index contributed by atoms with van der Waals surface area (Å²) in [4.78, 5) is 72.0. The number of benzene rings is 1. The van der Waals surface area contributed by atoms with Gasteiger partial charge < -0.3 is 25.9 Å². The zero-order chi connectivity index (χ0) is 27.1. The second-order valence-electron chi connectivity index (χ2n) is 8.96. The molecule has 0 aliphatic heterocycles. The Balaban J connectivity index is 1.83. The molecule has 2 atom stereocenters. The van der Waals surface area contributed by atoms with Crippen LogP contribution in [0, 0.1) is 12.5 Å². The molecular formula is C26H28N6O5. The summed E-state index contributed by atoms with van der Waals surface area (Å²) in [7, 11) is 1.29. The van der Waals surface area contributed by atoms with E-state index in [2.05, 4.69) is 30.8 Å². The van der Waals surface area contributed by atoms with Crippen LogP contribution in [0.5, 0.6) is 0 Å². The highest BCUT2D eigenvalue weighted by Crippen LogP contribution is 2.22. The second kappa shape index (κ2) is 11.8. The summed E-state index contributed by atoms with van der Waals surface area (Å²) in [6, 6.07) is 7.29. The number of fused-ring (bicyclic) bond motifs is 1. The lowest BCUT2D eigenvalue weighted by atomic mass is 9.99. The Bertz CT molecular complexity index is 1430. The van der Waals surface area contributed by atoms with Crippen LogP contribution in [-0.2, 0) is 20.8 Å². The fourth-order valence-corrected chi connectivity index (χ4v) is 3.85. The third-order valence-electron chi connectivity index (χ3n) is 5.71. The van der Waals surface area contributed by atoms with E-state index in [1.807, 2.05) is 13.8 Å². The minimum Gasteiger partial charge on any atom is -0.353 e. The molecule has 3 rings (SSSR count). The van der Waals surface area contributed by atoms with E-state index in [9.17, 15) is 24.0 Å². The zero-order valence-electron chi connectivity index (χ0n) is 20.7. The fourth-order valence-electron chi connectivity index (χ4n) is 3.85. The van der Waals surface area contributed by atoms with Crippen LogP contribution in [0.25, 0.3) is 15.7 Å². The van der Waals surface area contributed by atoms with Gasteiger partial charge >= 0.3 is 0 Å². The summed E-state index contributed by atoms with van der Waals surface area (Å²) in [5, 5.41) is 8.16. The van der Waals surface area contributed by atoms with Gasteiger partial charge in [-0.3, -0.25) is 24.0 Å². The van der Waals surface area contributed by atoms with Gasteiger partial charge in [-0.25, -0.2) is 4.85 Å². The molecule has 192 valence electrons. The van der Waals surface area contributed by atoms with E-state index in [1.54, 1.807) is 30.3 Å². The molecule has 0 bridgehead atoms. The number of hydrogen-bond acceptors (Lipinski definition) is 5. The van der Waals surface area contributed by atoms with Crippen molar-refractivity contribution in [1.82, 2.24) is 25.9 Å². The molecule has 1 aromatic carbocycles. The van der Waals surface area contributed by atoms with Crippen molar-refractivity contribution in [3.05, 3.63) is 75.6 Å². The number of nitrogens with one attached hydrogen (secondary N) is 5. The first kappa shape index (κ1) is 26.9. The lowest BCUT2D eigenvalue weighted by Crippen LogP contribution is -2.55. The number of nitrogens with zero attached hydrogens (tertiary/aromatic N) is 1. The van der Waals surface area contributed by atoms with Gasteiger partial charge in [-0.1, -0.05) is 26.0 Å². The van der Waals surface area contributed by atoms with E-state index in [-0.39, 0.29) is 30.0 Å². The summed E-state index contributed by atoms with van der Waals surface area (Å²) in [6.07, 6.45) is 1.48. The maximum atomic E-state index is 13.3. The number of carbonyl (C=O) groups excluding carboxylic acids is 4. The third-order valence-corrected chi connectivity index (χ3v) is 5.71. The number of pyridine rings is 1. The van der Waals surface area contributed by atoms with Gasteiger partial charge in [0.15, 0.2) is 5.69 Å². The average molecular weight is 505 g/mol. The molecule has 3 amide bonds. The normalized spacial score (nSPS) is 12.4. The van der Waals surface area contributed by atoms with Crippen LogP contribution in [0.1, 0.15) is 36.3 Å². The Morgan fingerprint density at radius 1 is 1.05 bits per heavy atom. The van der Waals surface area contributed by atoms with Crippen molar-refractivity contribution in [3.63, 3.8) is 0 Å². The highest BCUT2D eigenvalue weighted by atomic mass is 16.2. The maximum absolute atomic E-state index is 13.3. The Kier molecular flexibility index (Phi) is 8.58. The van der Waals surface area contributed by atoms with Crippen LogP contribution in [-0.4, -0.2) is 52.6 Å². The van der Waals surface area contributed by atoms with E-state index in [1.165, 1.54) is 19.3 Å². The number of H-pyrrole nitrogens is 2. The van der Waals surface area contributed by atoms with Crippen LogP contribution in [0.3, 0.4) is 0 Å². The first-order valence-corrected chi connectivity index (χ1v) is 11.7. The lowest BCUT2D eigenvalue weighted by molar-refractivity contribution is -0.140. The van der Waals surface area contributed by atoms with E-state index in [4.69, 9.17) is 6.57 Å². The van der Waals surface area contributed by atoms with Gasteiger partial charge in [0, 0.05) is 30.7 Å². The Morgan fingerprint density at radius 2 is 1.81 bits per heavy atom. The number of carbonyl (C=O) groups is 4. The van der Waals surface area contributed by atoms with Crippen LogP contribution in [0.15, 0.2) is 47.4 Å². The summed E-state index contributed by atoms with van der Waals surface area (Å²) in [5.74, 6) is -3.04. The second-order valence-corrected chi connectivity index (χ2v) is 8.96. The predicted octanol–water partition coefficient (Wildman–Crippen LogP) is 1.59. The summed E-state index contributed by atoms with van der Waals surface area (Å²) < 4.78 is 0. The first-order valence-electron chi connectivity index (χ1n) is 11.7. The zero-order valence-corrected chi connectivity index (χ0v) is 20.7. The van der Waals surface area contributed by atoms with Crippen molar-refractivity contribution in [2.75, 3.05) is 7.05 Å². The van der Waals surface area contributed by atoms with E-state index < -0.39 is 41.1 Å². The van der Waals surface area contributed by atoms with Crippen molar-refractivity contribution >= 4 is 40.1 Å². The van der Waals surface area contributed by atoms with E-state index in [0.29, 0.717) is 16.6 Å². The number of rotatable bonds is 10. The van der Waals surface area contributed by atoms with E-state index >= 15 is 0 Å². The standard InChI is InChI=1S/C26H28N6O5/c1-14(2)10-20(32-25(36)21-13-16-11-17(27-3)7-8-18(16)30-21)24(35)31-19(22(33)26(37)28-4)12-15-6-5-9-29-23(15)34/h5-9,11,13-14,19-20,30H,10,12H2,1-2,4H3,(H,28,37)(H,29,34)(H,31,35)(H,32,36)/t19-,20-/m0/s1. The molecule has 37 heavy (non-hydrogen) atoms. The van der Waals surface area contributed by atoms with Gasteiger partial charge in [-0.2, -0.15) is 0 Å². The number of ketones is 1. The number of aromatic amines is 2. The van der Waals surface area contributed by atoms with Crippen molar-refractivity contribution < 1.29 is 19.2 Å². The maximum Gasteiger partial charge on any atom is 0.289 e. The van der Waals surface area contributed by atoms with Crippen molar-refractivity contribution in [2.24, 2.45) is 5.92 Å². The minimum absolute atomic E-state index is 0.00467. The molecule has 2 aromatic heterocycles. The summed E-state index contributed by atoms with van der Waals surface area (Å²) in [5.41, 5.74) is 1.06. The predicted molar refractivity (Wildman–Crippen MR) is 137 cm³/mol. The number of Topliss-reactive ketones (excluding diaryl/α,β-unsaturated/α-hetero) is 1. The fraction of sp³-hybridized carbons (Fsp3) is 0.308. The Morgan fingerprint density at radius 3 is 2.46 bits per heavy atom. The quantitative estimate of drug-likeness (QED) is 0.209. The van der Waals surface area contributed by atoms with Gasteiger partial charge in [0.25, 0.3) is 17.4 Å². The molecule has 0 saturated carbocycles. The van der Waals surface area contributed by atoms with Crippen LogP contribution < -0.4 is 21.5 Å². The molecule has 11 heteroatoms.